The van der Waals surface area contributed by atoms with Crippen LogP contribution in [0.1, 0.15) is 72.6 Å². The van der Waals surface area contributed by atoms with Crippen molar-refractivity contribution < 1.29 is 14.6 Å². The van der Waals surface area contributed by atoms with Gasteiger partial charge in [0.2, 0.25) is 0 Å². The molecule has 134 valence electrons. The van der Waals surface area contributed by atoms with Crippen LogP contribution in [0.4, 0.5) is 0 Å². The van der Waals surface area contributed by atoms with Gasteiger partial charge in [-0.1, -0.05) is 32.8 Å². The van der Waals surface area contributed by atoms with Crippen molar-refractivity contribution in [1.82, 2.24) is 0 Å². The third kappa shape index (κ3) is 2.34. The first-order valence-electron chi connectivity index (χ1n) is 9.49. The molecular weight excluding hydrogens is 300 g/mol. The Labute approximate surface area is 146 Å². The molecule has 1 unspecified atom stereocenters. The van der Waals surface area contributed by atoms with Crippen molar-refractivity contribution in [3.8, 4) is 0 Å². The van der Waals surface area contributed by atoms with Crippen molar-refractivity contribution in [2.45, 2.75) is 72.6 Å². The van der Waals surface area contributed by atoms with Gasteiger partial charge in [0.25, 0.3) is 0 Å². The lowest BCUT2D eigenvalue weighted by Gasteiger charge is -2.56. The summed E-state index contributed by atoms with van der Waals surface area (Å²) in [5.41, 5.74) is 3.80. The van der Waals surface area contributed by atoms with E-state index < -0.39 is 0 Å². The highest BCUT2D eigenvalue weighted by atomic mass is 16.5. The van der Waals surface area contributed by atoms with Crippen molar-refractivity contribution in [2.24, 2.45) is 22.7 Å². The largest absolute Gasteiger partial charge is 0.512 e. The maximum atomic E-state index is 12.6. The van der Waals surface area contributed by atoms with Gasteiger partial charge in [-0.05, 0) is 67.4 Å². The van der Waals surface area contributed by atoms with E-state index in [0.717, 1.165) is 44.9 Å². The number of aliphatic hydroxyl groups excluding tert-OH is 1. The van der Waals surface area contributed by atoms with Crippen LogP contribution in [0, 0.1) is 22.7 Å². The second-order valence-electron chi connectivity index (χ2n) is 8.74. The van der Waals surface area contributed by atoms with Gasteiger partial charge in [-0.2, -0.15) is 0 Å². The van der Waals surface area contributed by atoms with E-state index in [1.165, 1.54) is 23.8 Å². The maximum absolute atomic E-state index is 12.6. The predicted octanol–water partition coefficient (Wildman–Crippen LogP) is 5.32. The zero-order chi connectivity index (χ0) is 17.7. The molecule has 3 heteroatoms. The highest BCUT2D eigenvalue weighted by Crippen LogP contribution is 2.62. The van der Waals surface area contributed by atoms with Gasteiger partial charge < -0.3 is 9.84 Å². The van der Waals surface area contributed by atoms with Gasteiger partial charge in [0.05, 0.1) is 18.3 Å². The summed E-state index contributed by atoms with van der Waals surface area (Å²) in [6, 6.07) is 0. The molecule has 3 atom stereocenters. The van der Waals surface area contributed by atoms with Crippen LogP contribution in [0.15, 0.2) is 22.5 Å². The average molecular weight is 332 g/mol. The second-order valence-corrected chi connectivity index (χ2v) is 8.74. The van der Waals surface area contributed by atoms with Gasteiger partial charge in [-0.25, -0.2) is 0 Å². The molecule has 3 aliphatic carbocycles. The van der Waals surface area contributed by atoms with E-state index in [4.69, 9.17) is 4.74 Å². The Bertz CT molecular complexity index is 613. The molecule has 0 aromatic rings. The molecule has 0 heterocycles. The topological polar surface area (TPSA) is 46.5 Å². The lowest BCUT2D eigenvalue weighted by atomic mass is 9.48. The number of fused-ring (bicyclic) bond motifs is 2. The number of carbonyl (C=O) groups excluding carboxylic acids is 1. The number of hydrogen-bond donors (Lipinski definition) is 1. The summed E-state index contributed by atoms with van der Waals surface area (Å²) in [5, 5.41) is 10.5. The molecule has 0 aliphatic heterocycles. The zero-order valence-electron chi connectivity index (χ0n) is 15.9. The Morgan fingerprint density at radius 1 is 1.21 bits per heavy atom. The molecule has 3 aliphatic rings. The van der Waals surface area contributed by atoms with Crippen LogP contribution < -0.4 is 0 Å². The summed E-state index contributed by atoms with van der Waals surface area (Å²) in [7, 11) is 1.52. The fourth-order valence-electron chi connectivity index (χ4n) is 6.10. The van der Waals surface area contributed by atoms with Crippen molar-refractivity contribution in [3.63, 3.8) is 0 Å². The van der Waals surface area contributed by atoms with Crippen LogP contribution in [0.5, 0.6) is 0 Å². The monoisotopic (exact) mass is 332 g/mol. The third-order valence-corrected chi connectivity index (χ3v) is 7.14. The van der Waals surface area contributed by atoms with Gasteiger partial charge in [-0.3, -0.25) is 4.79 Å². The summed E-state index contributed by atoms with van der Waals surface area (Å²) in [6.45, 7) is 8.84. The number of aliphatic hydroxyl groups is 1. The Hall–Kier alpha value is -1.25. The molecule has 24 heavy (non-hydrogen) atoms. The fourth-order valence-corrected chi connectivity index (χ4v) is 6.10. The standard InChI is InChI=1S/C21H32O3/c1-13(2)18-14-7-10-17-20(3,15(14)8-9-16(18)22)11-6-12-21(17,4)19(23)24-5/h13,17,22H,6-12H2,1-5H3/t17?,20-,21+/m1/s1. The minimum atomic E-state index is -0.374. The van der Waals surface area contributed by atoms with E-state index in [-0.39, 0.29) is 16.8 Å². The van der Waals surface area contributed by atoms with Gasteiger partial charge in [0, 0.05) is 6.42 Å². The number of ether oxygens (including phenoxy) is 1. The third-order valence-electron chi connectivity index (χ3n) is 7.14. The molecule has 0 saturated heterocycles. The first-order valence-corrected chi connectivity index (χ1v) is 9.49. The van der Waals surface area contributed by atoms with Gasteiger partial charge in [-0.15, -0.1) is 0 Å². The second kappa shape index (κ2) is 5.93. The van der Waals surface area contributed by atoms with Crippen LogP contribution >= 0.6 is 0 Å². The molecule has 0 amide bonds. The molecule has 0 bridgehead atoms. The average Bonchev–Trinajstić information content (AvgIpc) is 2.52. The smallest absolute Gasteiger partial charge is 0.311 e. The zero-order valence-corrected chi connectivity index (χ0v) is 15.9. The van der Waals surface area contributed by atoms with Crippen LogP contribution in [0.3, 0.4) is 0 Å². The summed E-state index contributed by atoms with van der Waals surface area (Å²) in [6.07, 6.45) is 6.85. The molecule has 0 spiro atoms. The number of rotatable bonds is 2. The van der Waals surface area contributed by atoms with Gasteiger partial charge in [0.15, 0.2) is 0 Å². The molecular formula is C21H32O3. The quantitative estimate of drug-likeness (QED) is 0.696. The van der Waals surface area contributed by atoms with E-state index in [9.17, 15) is 9.90 Å². The van der Waals surface area contributed by atoms with Crippen LogP contribution in [0.2, 0.25) is 0 Å². The lowest BCUT2D eigenvalue weighted by molar-refractivity contribution is -0.163. The fraction of sp³-hybridized carbons (Fsp3) is 0.762. The number of methoxy groups -OCH3 is 1. The highest BCUT2D eigenvalue weighted by Gasteiger charge is 2.56. The molecule has 0 aromatic heterocycles. The van der Waals surface area contributed by atoms with Crippen LogP contribution in [-0.2, 0) is 9.53 Å². The first kappa shape index (κ1) is 17.6. The van der Waals surface area contributed by atoms with E-state index in [1.807, 2.05) is 0 Å². The summed E-state index contributed by atoms with van der Waals surface area (Å²) in [5.74, 6) is 1.25. The predicted molar refractivity (Wildman–Crippen MR) is 95.6 cm³/mol. The lowest BCUT2D eigenvalue weighted by Crippen LogP contribution is -2.51. The SMILES string of the molecule is COC(=O)[C@@]1(C)CCC[C@]2(C)C3=C(CCC12)C(C(C)C)=C(O)CC3. The van der Waals surface area contributed by atoms with Crippen molar-refractivity contribution in [3.05, 3.63) is 22.5 Å². The maximum Gasteiger partial charge on any atom is 0.311 e. The number of hydrogen-bond acceptors (Lipinski definition) is 3. The summed E-state index contributed by atoms with van der Waals surface area (Å²) >= 11 is 0. The number of allylic oxidation sites excluding steroid dienone is 4. The number of carbonyl (C=O) groups is 1. The molecule has 3 rings (SSSR count). The molecule has 1 N–H and O–H groups in total. The van der Waals surface area contributed by atoms with Crippen LogP contribution in [0.25, 0.3) is 0 Å². The van der Waals surface area contributed by atoms with E-state index >= 15 is 0 Å². The highest BCUT2D eigenvalue weighted by molar-refractivity contribution is 5.77. The molecule has 1 fully saturated rings. The van der Waals surface area contributed by atoms with E-state index in [0.29, 0.717) is 17.6 Å². The Balaban J connectivity index is 2.09. The Morgan fingerprint density at radius 3 is 2.54 bits per heavy atom. The molecule has 3 nitrogen and oxygen atoms in total. The minimum absolute atomic E-state index is 0.0410. The van der Waals surface area contributed by atoms with Gasteiger partial charge >= 0.3 is 5.97 Å². The van der Waals surface area contributed by atoms with Crippen molar-refractivity contribution in [1.29, 1.82) is 0 Å². The summed E-state index contributed by atoms with van der Waals surface area (Å²) < 4.78 is 5.19. The van der Waals surface area contributed by atoms with Crippen molar-refractivity contribution >= 4 is 5.97 Å². The Kier molecular flexibility index (Phi) is 4.34. The summed E-state index contributed by atoms with van der Waals surface area (Å²) in [4.78, 5) is 12.6. The minimum Gasteiger partial charge on any atom is -0.512 e. The molecule has 0 aromatic carbocycles. The molecule has 0 radical (unpaired) electrons. The van der Waals surface area contributed by atoms with E-state index in [1.54, 1.807) is 0 Å². The first-order chi connectivity index (χ1) is 11.3. The van der Waals surface area contributed by atoms with Crippen LogP contribution in [-0.4, -0.2) is 18.2 Å². The van der Waals surface area contributed by atoms with Gasteiger partial charge in [0.1, 0.15) is 0 Å². The van der Waals surface area contributed by atoms with Crippen molar-refractivity contribution in [2.75, 3.05) is 7.11 Å². The number of esters is 1. The normalized spacial score (nSPS) is 36.5. The Morgan fingerprint density at radius 2 is 1.92 bits per heavy atom. The van der Waals surface area contributed by atoms with E-state index in [2.05, 4.69) is 27.7 Å². The molecule has 1 saturated carbocycles.